The van der Waals surface area contributed by atoms with E-state index in [-0.39, 0.29) is 12.4 Å². The topological polar surface area (TPSA) is 47.9 Å². The molecule has 1 N–H and O–H groups in total. The van der Waals surface area contributed by atoms with Crippen molar-refractivity contribution in [2.45, 2.75) is 52.4 Å². The van der Waals surface area contributed by atoms with Crippen molar-refractivity contribution in [3.8, 4) is 11.5 Å². The van der Waals surface area contributed by atoms with Crippen LogP contribution in [0.2, 0.25) is 0 Å². The average molecular weight is 320 g/mol. The Hall–Kier alpha value is -1.84. The van der Waals surface area contributed by atoms with Crippen LogP contribution in [0.4, 0.5) is 0 Å². The Balaban J connectivity index is 1.94. The van der Waals surface area contributed by atoms with Crippen LogP contribution in [0.1, 0.15) is 57.9 Å². The van der Waals surface area contributed by atoms with Crippen molar-refractivity contribution in [1.82, 2.24) is 0 Å². The Morgan fingerprint density at radius 1 is 1.00 bits per heavy atom. The Kier molecular flexibility index (Phi) is 7.11. The number of fused-ring (bicyclic) bond motifs is 1. The summed E-state index contributed by atoms with van der Waals surface area (Å²) in [5, 5.41) is 10.3. The van der Waals surface area contributed by atoms with E-state index in [1.807, 2.05) is 18.2 Å². The molecule has 0 fully saturated rings. The summed E-state index contributed by atoms with van der Waals surface area (Å²) in [7, 11) is 0. The lowest BCUT2D eigenvalue weighted by atomic mass is 10.1. The van der Waals surface area contributed by atoms with Gasteiger partial charge in [-0.2, -0.15) is 0 Å². The molecule has 0 atom stereocenters. The number of aliphatic hydroxyl groups excluding tert-OH is 1. The van der Waals surface area contributed by atoms with Gasteiger partial charge in [-0.15, -0.1) is 0 Å². The van der Waals surface area contributed by atoms with Gasteiger partial charge >= 0.3 is 0 Å². The smallest absolute Gasteiger partial charge is 0.176 e. The van der Waals surface area contributed by atoms with Gasteiger partial charge in [0.2, 0.25) is 0 Å². The molecule has 0 amide bonds. The van der Waals surface area contributed by atoms with E-state index >= 15 is 0 Å². The van der Waals surface area contributed by atoms with Gasteiger partial charge in [0.15, 0.2) is 11.5 Å². The van der Waals surface area contributed by atoms with E-state index in [4.69, 9.17) is 14.2 Å². The summed E-state index contributed by atoms with van der Waals surface area (Å²) in [6, 6.07) is 5.54. The van der Waals surface area contributed by atoms with Crippen molar-refractivity contribution < 1.29 is 19.3 Å². The summed E-state index contributed by atoms with van der Waals surface area (Å²) in [6.45, 7) is 5.89. The molecule has 1 heterocycles. The number of hydrogen-bond acceptors (Lipinski definition) is 4. The normalized spacial score (nSPS) is 13.5. The maximum Gasteiger partial charge on any atom is 0.176 e. The molecule has 2 rings (SSSR count). The van der Waals surface area contributed by atoms with Gasteiger partial charge in [0.05, 0.1) is 18.8 Å². The zero-order valence-electron chi connectivity index (χ0n) is 14.3. The van der Waals surface area contributed by atoms with E-state index in [1.54, 1.807) is 0 Å². The van der Waals surface area contributed by atoms with Gasteiger partial charge in [-0.1, -0.05) is 39.5 Å². The third kappa shape index (κ3) is 5.08. The molecule has 1 aliphatic heterocycles. The Morgan fingerprint density at radius 2 is 1.78 bits per heavy atom. The number of ether oxygens (including phenoxy) is 3. The van der Waals surface area contributed by atoms with Crippen LogP contribution < -0.4 is 9.47 Å². The van der Waals surface area contributed by atoms with Crippen molar-refractivity contribution in [3.63, 3.8) is 0 Å². The molecule has 0 saturated carbocycles. The fourth-order valence-electron chi connectivity index (χ4n) is 2.44. The highest BCUT2D eigenvalue weighted by Crippen LogP contribution is 2.34. The minimum Gasteiger partial charge on any atom is -0.504 e. The quantitative estimate of drug-likeness (QED) is 0.611. The van der Waals surface area contributed by atoms with Gasteiger partial charge < -0.3 is 19.3 Å². The number of hydrogen-bond donors (Lipinski definition) is 1. The molecule has 1 aliphatic rings. The monoisotopic (exact) mass is 320 g/mol. The molecule has 4 heteroatoms. The standard InChI is InChI=1S/C19H28O4/c1-3-5-7-8-12-21-15-9-10-16-17(13-15)23-14-18(19(16)20)22-11-6-4-2/h9-10,13,20H,3-8,11-12,14H2,1-2H3. The van der Waals surface area contributed by atoms with Gasteiger partial charge in [-0.3, -0.25) is 0 Å². The van der Waals surface area contributed by atoms with Crippen molar-refractivity contribution >= 4 is 5.76 Å². The van der Waals surface area contributed by atoms with E-state index in [2.05, 4.69) is 13.8 Å². The van der Waals surface area contributed by atoms with E-state index in [0.29, 0.717) is 30.3 Å². The summed E-state index contributed by atoms with van der Waals surface area (Å²) in [4.78, 5) is 0. The van der Waals surface area contributed by atoms with Crippen molar-refractivity contribution in [3.05, 3.63) is 29.5 Å². The Labute approximate surface area is 139 Å². The summed E-state index contributed by atoms with van der Waals surface area (Å²) in [5.41, 5.74) is 0.668. The van der Waals surface area contributed by atoms with Crippen LogP contribution in [0.15, 0.2) is 24.0 Å². The highest BCUT2D eigenvalue weighted by molar-refractivity contribution is 5.69. The molecule has 128 valence electrons. The SMILES string of the molecule is CCCCCCOc1ccc2c(c1)OCC(OCCCC)=C2O. The molecule has 4 nitrogen and oxygen atoms in total. The fourth-order valence-corrected chi connectivity index (χ4v) is 2.44. The zero-order chi connectivity index (χ0) is 16.5. The Morgan fingerprint density at radius 3 is 2.57 bits per heavy atom. The van der Waals surface area contributed by atoms with Gasteiger partial charge in [0.1, 0.15) is 18.1 Å². The van der Waals surface area contributed by atoms with E-state index in [0.717, 1.165) is 25.0 Å². The molecule has 0 aromatic heterocycles. The van der Waals surface area contributed by atoms with E-state index in [1.165, 1.54) is 19.3 Å². The second-order valence-corrected chi connectivity index (χ2v) is 5.83. The summed E-state index contributed by atoms with van der Waals surface area (Å²) < 4.78 is 17.0. The fraction of sp³-hybridized carbons (Fsp3) is 0.579. The average Bonchev–Trinajstić information content (AvgIpc) is 2.57. The van der Waals surface area contributed by atoms with Gasteiger partial charge in [0.25, 0.3) is 0 Å². The molecule has 0 aliphatic carbocycles. The molecular weight excluding hydrogens is 292 g/mol. The van der Waals surface area contributed by atoms with Crippen LogP contribution in [-0.2, 0) is 4.74 Å². The highest BCUT2D eigenvalue weighted by atomic mass is 16.5. The lowest BCUT2D eigenvalue weighted by molar-refractivity contribution is 0.155. The first kappa shape index (κ1) is 17.5. The van der Waals surface area contributed by atoms with Crippen LogP contribution in [0.25, 0.3) is 5.76 Å². The molecule has 0 spiro atoms. The first-order valence-electron chi connectivity index (χ1n) is 8.71. The second kappa shape index (κ2) is 9.33. The number of rotatable bonds is 10. The summed E-state index contributed by atoms with van der Waals surface area (Å²) >= 11 is 0. The van der Waals surface area contributed by atoms with E-state index in [9.17, 15) is 5.11 Å². The van der Waals surface area contributed by atoms with Gasteiger partial charge in [-0.05, 0) is 25.0 Å². The van der Waals surface area contributed by atoms with Crippen LogP contribution in [-0.4, -0.2) is 24.9 Å². The molecule has 23 heavy (non-hydrogen) atoms. The van der Waals surface area contributed by atoms with Crippen LogP contribution in [0.5, 0.6) is 11.5 Å². The first-order chi connectivity index (χ1) is 11.3. The minimum absolute atomic E-state index is 0.178. The predicted octanol–water partition coefficient (Wildman–Crippen LogP) is 5.08. The first-order valence-corrected chi connectivity index (χ1v) is 8.71. The lowest BCUT2D eigenvalue weighted by Gasteiger charge is -2.21. The predicted molar refractivity (Wildman–Crippen MR) is 92.0 cm³/mol. The van der Waals surface area contributed by atoms with Crippen molar-refractivity contribution in [1.29, 1.82) is 0 Å². The van der Waals surface area contributed by atoms with Crippen LogP contribution in [0, 0.1) is 0 Å². The number of benzene rings is 1. The Bertz CT molecular complexity index is 522. The van der Waals surface area contributed by atoms with E-state index < -0.39 is 0 Å². The maximum absolute atomic E-state index is 10.3. The van der Waals surface area contributed by atoms with Crippen LogP contribution >= 0.6 is 0 Å². The summed E-state index contributed by atoms with van der Waals surface area (Å²) in [5.74, 6) is 2.12. The zero-order valence-corrected chi connectivity index (χ0v) is 14.3. The maximum atomic E-state index is 10.3. The second-order valence-electron chi connectivity index (χ2n) is 5.83. The minimum atomic E-state index is 0.178. The lowest BCUT2D eigenvalue weighted by Crippen LogP contribution is -2.14. The molecule has 0 bridgehead atoms. The third-order valence-corrected chi connectivity index (χ3v) is 3.87. The van der Waals surface area contributed by atoms with Crippen molar-refractivity contribution in [2.24, 2.45) is 0 Å². The molecule has 1 aromatic carbocycles. The largest absolute Gasteiger partial charge is 0.504 e. The molecule has 1 aromatic rings. The number of unbranched alkanes of at least 4 members (excludes halogenated alkanes) is 4. The van der Waals surface area contributed by atoms with Crippen molar-refractivity contribution in [2.75, 3.05) is 19.8 Å². The van der Waals surface area contributed by atoms with Gasteiger partial charge in [0, 0.05) is 6.07 Å². The molecule has 0 radical (unpaired) electrons. The molecular formula is C19H28O4. The summed E-state index contributed by atoms with van der Waals surface area (Å²) in [6.07, 6.45) is 6.75. The van der Waals surface area contributed by atoms with Crippen LogP contribution in [0.3, 0.4) is 0 Å². The highest BCUT2D eigenvalue weighted by Gasteiger charge is 2.21. The van der Waals surface area contributed by atoms with Gasteiger partial charge in [-0.25, -0.2) is 0 Å². The molecule has 0 saturated heterocycles. The molecule has 0 unspecified atom stereocenters. The number of aliphatic hydroxyl groups is 1. The third-order valence-electron chi connectivity index (χ3n) is 3.87.